The minimum Gasteiger partial charge on any atom is -0.481 e. The zero-order valence-electron chi connectivity index (χ0n) is 9.41. The van der Waals surface area contributed by atoms with Crippen LogP contribution in [0, 0.1) is 6.92 Å². The number of hydrogen-bond acceptors (Lipinski definition) is 5. The van der Waals surface area contributed by atoms with Gasteiger partial charge < -0.3 is 14.8 Å². The number of methoxy groups -OCH3 is 1. The van der Waals surface area contributed by atoms with Crippen molar-refractivity contribution in [2.45, 2.75) is 13.8 Å². The van der Waals surface area contributed by atoms with Gasteiger partial charge in [0.2, 0.25) is 11.8 Å². The van der Waals surface area contributed by atoms with Crippen LogP contribution in [0.5, 0.6) is 11.8 Å². The fourth-order valence-electron chi connectivity index (χ4n) is 1.10. The maximum Gasteiger partial charge on any atom is 0.220 e. The van der Waals surface area contributed by atoms with E-state index in [0.717, 1.165) is 13.1 Å². The van der Waals surface area contributed by atoms with Crippen LogP contribution < -0.4 is 14.8 Å². The highest BCUT2D eigenvalue weighted by molar-refractivity contribution is 5.20. The molecule has 0 fully saturated rings. The quantitative estimate of drug-likeness (QED) is 0.705. The summed E-state index contributed by atoms with van der Waals surface area (Å²) in [6.07, 6.45) is 0. The summed E-state index contributed by atoms with van der Waals surface area (Å²) in [4.78, 5) is 8.21. The third-order valence-corrected chi connectivity index (χ3v) is 1.78. The van der Waals surface area contributed by atoms with Gasteiger partial charge in [-0.3, -0.25) is 0 Å². The third kappa shape index (κ3) is 4.12. The summed E-state index contributed by atoms with van der Waals surface area (Å²) in [5.74, 6) is 1.73. The molecule has 1 aromatic rings. The van der Waals surface area contributed by atoms with Gasteiger partial charge in [-0.15, -0.1) is 0 Å². The molecule has 0 saturated heterocycles. The van der Waals surface area contributed by atoms with Crippen molar-refractivity contribution in [1.82, 2.24) is 15.3 Å². The van der Waals surface area contributed by atoms with Crippen LogP contribution in [-0.4, -0.2) is 36.8 Å². The molecule has 0 aromatic carbocycles. The fourth-order valence-corrected chi connectivity index (χ4v) is 1.10. The molecule has 1 heterocycles. The van der Waals surface area contributed by atoms with E-state index in [1.165, 1.54) is 0 Å². The second-order valence-corrected chi connectivity index (χ2v) is 3.00. The molecule has 0 radical (unpaired) electrons. The molecule has 0 spiro atoms. The first-order valence-electron chi connectivity index (χ1n) is 4.99. The summed E-state index contributed by atoms with van der Waals surface area (Å²) in [6, 6.07) is 1.68. The predicted octanol–water partition coefficient (Wildman–Crippen LogP) is 0.782. The number of rotatable bonds is 6. The Morgan fingerprint density at radius 1 is 1.33 bits per heavy atom. The van der Waals surface area contributed by atoms with Gasteiger partial charge in [0.15, 0.2) is 0 Å². The number of ether oxygens (including phenoxy) is 2. The number of hydrogen-bond donors (Lipinski definition) is 1. The molecule has 5 heteroatoms. The SMILES string of the molecule is CCNCCOc1cc(OC)nc(C)n1. The average molecular weight is 211 g/mol. The van der Waals surface area contributed by atoms with Gasteiger partial charge in [0.1, 0.15) is 12.4 Å². The van der Waals surface area contributed by atoms with E-state index in [-0.39, 0.29) is 0 Å². The third-order valence-electron chi connectivity index (χ3n) is 1.78. The second-order valence-electron chi connectivity index (χ2n) is 3.00. The number of aromatic nitrogens is 2. The molecular weight excluding hydrogens is 194 g/mol. The highest BCUT2D eigenvalue weighted by Gasteiger charge is 2.02. The highest BCUT2D eigenvalue weighted by atomic mass is 16.5. The van der Waals surface area contributed by atoms with E-state index in [9.17, 15) is 0 Å². The summed E-state index contributed by atoms with van der Waals surface area (Å²) >= 11 is 0. The maximum atomic E-state index is 5.44. The lowest BCUT2D eigenvalue weighted by Crippen LogP contribution is -2.20. The van der Waals surface area contributed by atoms with Gasteiger partial charge in [-0.1, -0.05) is 6.92 Å². The zero-order valence-corrected chi connectivity index (χ0v) is 9.41. The Kier molecular flexibility index (Phi) is 4.83. The van der Waals surface area contributed by atoms with Gasteiger partial charge in [-0.05, 0) is 13.5 Å². The standard InChI is InChI=1S/C10H17N3O2/c1-4-11-5-6-15-10-7-9(14-3)12-8(2)13-10/h7,11H,4-6H2,1-3H3. The molecule has 1 aromatic heterocycles. The van der Waals surface area contributed by atoms with Crippen LogP contribution in [0.2, 0.25) is 0 Å². The Hall–Kier alpha value is -1.36. The molecule has 1 N–H and O–H groups in total. The van der Waals surface area contributed by atoms with Gasteiger partial charge in [0.25, 0.3) is 0 Å². The van der Waals surface area contributed by atoms with Crippen molar-refractivity contribution in [2.24, 2.45) is 0 Å². The van der Waals surface area contributed by atoms with Crippen molar-refractivity contribution < 1.29 is 9.47 Å². The largest absolute Gasteiger partial charge is 0.481 e. The molecule has 0 aliphatic carbocycles. The maximum absolute atomic E-state index is 5.44. The predicted molar refractivity (Wildman–Crippen MR) is 57.4 cm³/mol. The summed E-state index contributed by atoms with van der Waals surface area (Å²) in [5.41, 5.74) is 0. The first kappa shape index (κ1) is 11.7. The van der Waals surface area contributed by atoms with Crippen LogP contribution >= 0.6 is 0 Å². The lowest BCUT2D eigenvalue weighted by Gasteiger charge is -2.07. The summed E-state index contributed by atoms with van der Waals surface area (Å²) < 4.78 is 10.5. The van der Waals surface area contributed by atoms with Crippen molar-refractivity contribution in [2.75, 3.05) is 26.8 Å². The van der Waals surface area contributed by atoms with E-state index < -0.39 is 0 Å². The second kappa shape index (κ2) is 6.19. The van der Waals surface area contributed by atoms with E-state index in [2.05, 4.69) is 22.2 Å². The Labute approximate surface area is 89.8 Å². The monoisotopic (exact) mass is 211 g/mol. The van der Waals surface area contributed by atoms with Crippen LogP contribution in [0.4, 0.5) is 0 Å². The van der Waals surface area contributed by atoms with Gasteiger partial charge >= 0.3 is 0 Å². The molecule has 0 bridgehead atoms. The topological polar surface area (TPSA) is 56.3 Å². The number of aryl methyl sites for hydroxylation is 1. The Balaban J connectivity index is 2.49. The smallest absolute Gasteiger partial charge is 0.220 e. The molecule has 84 valence electrons. The molecular formula is C10H17N3O2. The molecule has 0 atom stereocenters. The summed E-state index contributed by atoms with van der Waals surface area (Å²) in [7, 11) is 1.57. The molecule has 0 aliphatic rings. The molecule has 5 nitrogen and oxygen atoms in total. The molecule has 0 saturated carbocycles. The summed E-state index contributed by atoms with van der Waals surface area (Å²) in [6.45, 7) is 6.20. The van der Waals surface area contributed by atoms with Crippen molar-refractivity contribution in [3.8, 4) is 11.8 Å². The van der Waals surface area contributed by atoms with Crippen LogP contribution in [0.15, 0.2) is 6.07 Å². The van der Waals surface area contributed by atoms with E-state index >= 15 is 0 Å². The van der Waals surface area contributed by atoms with Crippen molar-refractivity contribution in [1.29, 1.82) is 0 Å². The number of likely N-dealkylation sites (N-methyl/N-ethyl adjacent to an activating group) is 1. The van der Waals surface area contributed by atoms with Crippen LogP contribution in [-0.2, 0) is 0 Å². The van der Waals surface area contributed by atoms with E-state index in [1.54, 1.807) is 20.1 Å². The average Bonchev–Trinajstić information content (AvgIpc) is 2.23. The van der Waals surface area contributed by atoms with Gasteiger partial charge in [0.05, 0.1) is 13.2 Å². The van der Waals surface area contributed by atoms with Crippen molar-refractivity contribution in [3.63, 3.8) is 0 Å². The van der Waals surface area contributed by atoms with Gasteiger partial charge in [0, 0.05) is 6.54 Å². The van der Waals surface area contributed by atoms with Crippen molar-refractivity contribution in [3.05, 3.63) is 11.9 Å². The molecule has 1 rings (SSSR count). The number of nitrogens with one attached hydrogen (secondary N) is 1. The minimum absolute atomic E-state index is 0.529. The minimum atomic E-state index is 0.529. The van der Waals surface area contributed by atoms with E-state index in [0.29, 0.717) is 24.2 Å². The van der Waals surface area contributed by atoms with Crippen LogP contribution in [0.1, 0.15) is 12.7 Å². The van der Waals surface area contributed by atoms with Gasteiger partial charge in [-0.2, -0.15) is 9.97 Å². The fraction of sp³-hybridized carbons (Fsp3) is 0.600. The Morgan fingerprint density at radius 2 is 2.07 bits per heavy atom. The molecule has 15 heavy (non-hydrogen) atoms. The lowest BCUT2D eigenvalue weighted by atomic mass is 10.5. The lowest BCUT2D eigenvalue weighted by molar-refractivity contribution is 0.298. The van der Waals surface area contributed by atoms with Crippen molar-refractivity contribution >= 4 is 0 Å². The molecule has 0 unspecified atom stereocenters. The first-order chi connectivity index (χ1) is 7.26. The molecule has 0 aliphatic heterocycles. The number of nitrogens with zero attached hydrogens (tertiary/aromatic N) is 2. The molecule has 0 amide bonds. The zero-order chi connectivity index (χ0) is 11.1. The normalized spacial score (nSPS) is 10.1. The highest BCUT2D eigenvalue weighted by Crippen LogP contribution is 2.14. The summed E-state index contributed by atoms with van der Waals surface area (Å²) in [5, 5.41) is 3.16. The van der Waals surface area contributed by atoms with E-state index in [1.807, 2.05) is 0 Å². The van der Waals surface area contributed by atoms with E-state index in [4.69, 9.17) is 9.47 Å². The van der Waals surface area contributed by atoms with Crippen LogP contribution in [0.3, 0.4) is 0 Å². The first-order valence-corrected chi connectivity index (χ1v) is 4.99. The van der Waals surface area contributed by atoms with Gasteiger partial charge in [-0.25, -0.2) is 0 Å². The Bertz CT molecular complexity index is 305. The van der Waals surface area contributed by atoms with Crippen LogP contribution in [0.25, 0.3) is 0 Å². The Morgan fingerprint density at radius 3 is 2.73 bits per heavy atom.